The third-order valence-electron chi connectivity index (χ3n) is 6.24. The Labute approximate surface area is 184 Å². The van der Waals surface area contributed by atoms with Crippen LogP contribution in [0.1, 0.15) is 69.8 Å². The van der Waals surface area contributed by atoms with Gasteiger partial charge in [-0.1, -0.05) is 32.6 Å². The summed E-state index contributed by atoms with van der Waals surface area (Å²) in [4.78, 5) is 0. The molecule has 176 valence electrons. The molecule has 3 rings (SSSR count). The van der Waals surface area contributed by atoms with Crippen LogP contribution in [0.3, 0.4) is 0 Å². The highest BCUT2D eigenvalue weighted by molar-refractivity contribution is 5.66. The Balaban J connectivity index is 1.75. The summed E-state index contributed by atoms with van der Waals surface area (Å²) in [6.07, 6.45) is 5.65. The van der Waals surface area contributed by atoms with Crippen molar-refractivity contribution >= 4 is 0 Å². The SMILES string of the molecule is CCCCC[C@H]1CC[C@H](c2cc(F)c(-c3cc(F)c(OCC(F)F)c(F)c3)c(F)c2)CC1. The van der Waals surface area contributed by atoms with Gasteiger partial charge < -0.3 is 4.74 Å². The maximum absolute atomic E-state index is 14.8. The van der Waals surface area contributed by atoms with Crippen LogP contribution in [0, 0.1) is 29.2 Å². The van der Waals surface area contributed by atoms with Crippen LogP contribution >= 0.6 is 0 Å². The molecule has 0 saturated heterocycles. The first-order valence-corrected chi connectivity index (χ1v) is 11.2. The van der Waals surface area contributed by atoms with E-state index >= 15 is 0 Å². The second-order valence-corrected chi connectivity index (χ2v) is 8.54. The van der Waals surface area contributed by atoms with Gasteiger partial charge >= 0.3 is 0 Å². The first-order chi connectivity index (χ1) is 15.3. The van der Waals surface area contributed by atoms with Crippen molar-refractivity contribution in [1.82, 2.24) is 0 Å². The van der Waals surface area contributed by atoms with Gasteiger partial charge in [-0.05, 0) is 72.9 Å². The van der Waals surface area contributed by atoms with Crippen molar-refractivity contribution in [2.75, 3.05) is 6.61 Å². The fraction of sp³-hybridized carbons (Fsp3) is 0.520. The molecule has 2 aromatic rings. The van der Waals surface area contributed by atoms with E-state index in [1.54, 1.807) is 0 Å². The molecule has 0 bridgehead atoms. The largest absolute Gasteiger partial charge is 0.482 e. The Morgan fingerprint density at radius 3 is 1.97 bits per heavy atom. The predicted molar refractivity (Wildman–Crippen MR) is 112 cm³/mol. The number of hydrogen-bond acceptors (Lipinski definition) is 1. The molecule has 0 heterocycles. The zero-order valence-electron chi connectivity index (χ0n) is 18.1. The molecule has 7 heteroatoms. The van der Waals surface area contributed by atoms with E-state index < -0.39 is 47.6 Å². The van der Waals surface area contributed by atoms with Crippen LogP contribution in [0.5, 0.6) is 5.75 Å². The fourth-order valence-corrected chi connectivity index (χ4v) is 4.56. The van der Waals surface area contributed by atoms with Crippen molar-refractivity contribution in [1.29, 1.82) is 0 Å². The Kier molecular flexibility index (Phi) is 8.49. The minimum Gasteiger partial charge on any atom is -0.482 e. The number of ether oxygens (including phenoxy) is 1. The monoisotopic (exact) mass is 458 g/mol. The van der Waals surface area contributed by atoms with Crippen molar-refractivity contribution in [2.45, 2.75) is 70.6 Å². The van der Waals surface area contributed by atoms with Crippen molar-refractivity contribution in [3.8, 4) is 16.9 Å². The first kappa shape index (κ1) is 24.5. The van der Waals surface area contributed by atoms with Gasteiger partial charge in [0, 0.05) is 0 Å². The van der Waals surface area contributed by atoms with Gasteiger partial charge in [-0.25, -0.2) is 26.3 Å². The minimum absolute atomic E-state index is 0.0501. The van der Waals surface area contributed by atoms with Gasteiger partial charge in [0.05, 0.1) is 5.56 Å². The average molecular weight is 458 g/mol. The predicted octanol–water partition coefficient (Wildman–Crippen LogP) is 8.41. The topological polar surface area (TPSA) is 9.23 Å². The van der Waals surface area contributed by atoms with Crippen LogP contribution < -0.4 is 4.74 Å². The maximum atomic E-state index is 14.8. The normalized spacial score (nSPS) is 18.9. The molecule has 0 unspecified atom stereocenters. The van der Waals surface area contributed by atoms with E-state index in [0.717, 1.165) is 25.7 Å². The molecular weight excluding hydrogens is 430 g/mol. The van der Waals surface area contributed by atoms with E-state index in [1.165, 1.54) is 37.8 Å². The van der Waals surface area contributed by atoms with Gasteiger partial charge in [-0.15, -0.1) is 0 Å². The average Bonchev–Trinajstić information content (AvgIpc) is 2.73. The Morgan fingerprint density at radius 2 is 1.44 bits per heavy atom. The third-order valence-corrected chi connectivity index (χ3v) is 6.24. The number of unbranched alkanes of at least 4 members (excludes halogenated alkanes) is 2. The van der Waals surface area contributed by atoms with Gasteiger partial charge in [0.1, 0.15) is 18.2 Å². The lowest BCUT2D eigenvalue weighted by Crippen LogP contribution is -2.14. The molecule has 1 nitrogen and oxygen atoms in total. The van der Waals surface area contributed by atoms with Gasteiger partial charge in [0.15, 0.2) is 17.4 Å². The lowest BCUT2D eigenvalue weighted by molar-refractivity contribution is 0.0777. The van der Waals surface area contributed by atoms with E-state index in [2.05, 4.69) is 11.7 Å². The first-order valence-electron chi connectivity index (χ1n) is 11.2. The zero-order valence-corrected chi connectivity index (χ0v) is 18.1. The van der Waals surface area contributed by atoms with Crippen molar-refractivity contribution in [2.24, 2.45) is 5.92 Å². The highest BCUT2D eigenvalue weighted by Gasteiger charge is 2.25. The van der Waals surface area contributed by atoms with Crippen LogP contribution in [-0.4, -0.2) is 13.0 Å². The summed E-state index contributed by atoms with van der Waals surface area (Å²) in [5.74, 6) is -4.72. The van der Waals surface area contributed by atoms with E-state index in [1.807, 2.05) is 0 Å². The quantitative estimate of drug-likeness (QED) is 0.271. The molecule has 0 atom stereocenters. The molecule has 1 aliphatic carbocycles. The maximum Gasteiger partial charge on any atom is 0.272 e. The molecule has 0 radical (unpaired) electrons. The summed E-state index contributed by atoms with van der Waals surface area (Å²) < 4.78 is 86.9. The lowest BCUT2D eigenvalue weighted by Gasteiger charge is -2.29. The van der Waals surface area contributed by atoms with E-state index in [0.29, 0.717) is 23.6 Å². The Hall–Kier alpha value is -2.18. The molecule has 0 N–H and O–H groups in total. The molecule has 1 fully saturated rings. The van der Waals surface area contributed by atoms with Crippen molar-refractivity contribution < 1.29 is 31.1 Å². The van der Waals surface area contributed by atoms with Gasteiger partial charge in [0.2, 0.25) is 0 Å². The zero-order chi connectivity index (χ0) is 23.3. The van der Waals surface area contributed by atoms with E-state index in [4.69, 9.17) is 0 Å². The smallest absolute Gasteiger partial charge is 0.272 e. The summed E-state index contributed by atoms with van der Waals surface area (Å²) in [5, 5.41) is 0. The lowest BCUT2D eigenvalue weighted by atomic mass is 9.77. The van der Waals surface area contributed by atoms with Gasteiger partial charge in [-0.2, -0.15) is 0 Å². The molecule has 0 aliphatic heterocycles. The third kappa shape index (κ3) is 5.99. The minimum atomic E-state index is -2.91. The molecular formula is C25H28F6O. The second-order valence-electron chi connectivity index (χ2n) is 8.54. The number of rotatable bonds is 9. The number of hydrogen-bond donors (Lipinski definition) is 0. The molecule has 1 aliphatic rings. The second kappa shape index (κ2) is 11.1. The van der Waals surface area contributed by atoms with E-state index in [9.17, 15) is 26.3 Å². The summed E-state index contributed by atoms with van der Waals surface area (Å²) in [6, 6.07) is 3.84. The van der Waals surface area contributed by atoms with Crippen LogP contribution in [0.25, 0.3) is 11.1 Å². The summed E-state index contributed by atoms with van der Waals surface area (Å²) in [5.41, 5.74) is -0.362. The van der Waals surface area contributed by atoms with E-state index in [-0.39, 0.29) is 11.5 Å². The van der Waals surface area contributed by atoms with Crippen LogP contribution in [0.2, 0.25) is 0 Å². The van der Waals surface area contributed by atoms with Crippen molar-refractivity contribution in [3.63, 3.8) is 0 Å². The number of alkyl halides is 2. The Morgan fingerprint density at radius 1 is 0.844 bits per heavy atom. The Bertz CT molecular complexity index is 859. The fourth-order valence-electron chi connectivity index (χ4n) is 4.56. The molecule has 0 amide bonds. The molecule has 32 heavy (non-hydrogen) atoms. The van der Waals surface area contributed by atoms with Crippen LogP contribution in [0.4, 0.5) is 26.3 Å². The molecule has 0 aromatic heterocycles. The summed E-state index contributed by atoms with van der Waals surface area (Å²) in [6.45, 7) is 0.980. The van der Waals surface area contributed by atoms with Crippen LogP contribution in [-0.2, 0) is 0 Å². The summed E-state index contributed by atoms with van der Waals surface area (Å²) in [7, 11) is 0. The number of halogens is 6. The molecule has 0 spiro atoms. The standard InChI is InChI=1S/C25H28F6O/c1-2-3-4-5-15-6-8-16(9-7-15)17-10-19(26)24(20(27)11-17)18-12-21(28)25(22(29)13-18)32-14-23(30)31/h10-13,15-16,23H,2-9,14H2,1H3/t15-,16-. The van der Waals surface area contributed by atoms with Crippen molar-refractivity contribution in [3.05, 3.63) is 53.1 Å². The highest BCUT2D eigenvalue weighted by Crippen LogP contribution is 2.40. The molecule has 2 aromatic carbocycles. The highest BCUT2D eigenvalue weighted by atomic mass is 19.3. The van der Waals surface area contributed by atoms with Gasteiger partial charge in [0.25, 0.3) is 6.43 Å². The van der Waals surface area contributed by atoms with Crippen LogP contribution in [0.15, 0.2) is 24.3 Å². The molecule has 1 saturated carbocycles. The number of benzene rings is 2. The van der Waals surface area contributed by atoms with Gasteiger partial charge in [-0.3, -0.25) is 0 Å². The summed E-state index contributed by atoms with van der Waals surface area (Å²) >= 11 is 0.